The molecule has 4 rings (SSSR count). The van der Waals surface area contributed by atoms with Crippen LogP contribution in [0.2, 0.25) is 0 Å². The van der Waals surface area contributed by atoms with Crippen LogP contribution in [0.15, 0.2) is 39.8 Å². The van der Waals surface area contributed by atoms with Crippen LogP contribution >= 0.6 is 11.3 Å². The Morgan fingerprint density at radius 3 is 2.38 bits per heavy atom. The van der Waals surface area contributed by atoms with Gasteiger partial charge in [-0.2, -0.15) is 22.5 Å². The highest BCUT2D eigenvalue weighted by Gasteiger charge is 2.34. The number of sulfonamides is 1. The average Bonchev–Trinajstić information content (AvgIpc) is 3.39. The normalized spacial score (nSPS) is 16.0. The highest BCUT2D eigenvalue weighted by atomic mass is 32.2. The van der Waals surface area contributed by atoms with Crippen LogP contribution in [-0.4, -0.2) is 41.9 Å². The summed E-state index contributed by atoms with van der Waals surface area (Å²) in [5.74, 6) is -0.0961. The van der Waals surface area contributed by atoms with Gasteiger partial charge in [0, 0.05) is 36.5 Å². The van der Waals surface area contributed by atoms with Crippen molar-refractivity contribution in [1.29, 1.82) is 0 Å². The number of benzene rings is 1. The topological polar surface area (TPSA) is 105 Å². The van der Waals surface area contributed by atoms with Gasteiger partial charge in [0.25, 0.3) is 0 Å². The van der Waals surface area contributed by atoms with Crippen LogP contribution in [0.1, 0.15) is 29.2 Å². The smallest absolute Gasteiger partial charge is 0.339 e. The first-order chi connectivity index (χ1) is 15.9. The largest absolute Gasteiger partial charge is 0.416 e. The number of thiophene rings is 1. The van der Waals surface area contributed by atoms with E-state index in [1.54, 1.807) is 13.8 Å². The molecular weight excluding hydrogens is 493 g/mol. The number of nitrogens with one attached hydrogen (secondary N) is 1. The van der Waals surface area contributed by atoms with Crippen molar-refractivity contribution in [3.05, 3.63) is 46.7 Å². The van der Waals surface area contributed by atoms with Crippen molar-refractivity contribution in [3.63, 3.8) is 0 Å². The Labute approximate surface area is 197 Å². The van der Waals surface area contributed by atoms with Gasteiger partial charge in [0.05, 0.1) is 15.3 Å². The molecular formula is C21H21F3N4O4S2. The number of aryl methyl sites for hydroxylation is 2. The maximum atomic E-state index is 13.2. The summed E-state index contributed by atoms with van der Waals surface area (Å²) in [7, 11) is -3.78. The molecule has 2 aromatic heterocycles. The summed E-state index contributed by atoms with van der Waals surface area (Å²) >= 11 is 1.26. The molecule has 0 bridgehead atoms. The van der Waals surface area contributed by atoms with Gasteiger partial charge in [-0.05, 0) is 50.1 Å². The Bertz CT molecular complexity index is 1290. The molecule has 3 heterocycles. The molecule has 1 saturated heterocycles. The summed E-state index contributed by atoms with van der Waals surface area (Å²) in [6, 6.07) is 5.73. The molecule has 0 spiro atoms. The Morgan fingerprint density at radius 1 is 1.18 bits per heavy atom. The predicted molar refractivity (Wildman–Crippen MR) is 119 cm³/mol. The van der Waals surface area contributed by atoms with Gasteiger partial charge in [0.15, 0.2) is 0 Å². The second-order valence-electron chi connectivity index (χ2n) is 7.91. The number of piperidine rings is 1. The minimum atomic E-state index is -4.45. The van der Waals surface area contributed by atoms with E-state index in [1.807, 2.05) is 0 Å². The molecule has 182 valence electrons. The van der Waals surface area contributed by atoms with Crippen molar-refractivity contribution < 1.29 is 30.9 Å². The Morgan fingerprint density at radius 2 is 1.82 bits per heavy atom. The van der Waals surface area contributed by atoms with Gasteiger partial charge < -0.3 is 9.84 Å². The van der Waals surface area contributed by atoms with E-state index in [0.29, 0.717) is 34.3 Å². The number of carbonyl (C=O) groups excluding carboxylic acids is 1. The number of hydrogen-bond donors (Lipinski definition) is 1. The van der Waals surface area contributed by atoms with Crippen LogP contribution in [0.3, 0.4) is 0 Å². The summed E-state index contributed by atoms with van der Waals surface area (Å²) in [4.78, 5) is 18.1. The fourth-order valence-corrected chi connectivity index (χ4v) is 6.67. The Balaban J connectivity index is 1.39. The summed E-state index contributed by atoms with van der Waals surface area (Å²) in [5, 5.41) is 6.44. The number of amides is 1. The predicted octanol–water partition coefficient (Wildman–Crippen LogP) is 4.47. The third-order valence-electron chi connectivity index (χ3n) is 5.54. The van der Waals surface area contributed by atoms with E-state index in [4.69, 9.17) is 4.52 Å². The first kappa shape index (κ1) is 24.4. The molecule has 3 aromatic rings. The van der Waals surface area contributed by atoms with Gasteiger partial charge in [0.1, 0.15) is 0 Å². The van der Waals surface area contributed by atoms with E-state index in [1.165, 1.54) is 33.8 Å². The minimum Gasteiger partial charge on any atom is -0.339 e. The monoisotopic (exact) mass is 514 g/mol. The van der Waals surface area contributed by atoms with Crippen LogP contribution in [0.4, 0.5) is 18.9 Å². The number of carbonyl (C=O) groups is 1. The molecule has 1 fully saturated rings. The van der Waals surface area contributed by atoms with E-state index in [9.17, 15) is 26.4 Å². The van der Waals surface area contributed by atoms with Crippen LogP contribution in [0.5, 0.6) is 0 Å². The lowest BCUT2D eigenvalue weighted by Crippen LogP contribution is -2.41. The van der Waals surface area contributed by atoms with E-state index in [-0.39, 0.29) is 29.6 Å². The lowest BCUT2D eigenvalue weighted by Gasteiger charge is -2.30. The minimum absolute atomic E-state index is 0.152. The van der Waals surface area contributed by atoms with Crippen molar-refractivity contribution in [2.24, 2.45) is 5.92 Å². The van der Waals surface area contributed by atoms with Crippen molar-refractivity contribution in [3.8, 4) is 10.7 Å². The molecule has 0 atom stereocenters. The lowest BCUT2D eigenvalue weighted by atomic mass is 9.97. The number of hydrogen-bond acceptors (Lipinski definition) is 7. The van der Waals surface area contributed by atoms with Crippen molar-refractivity contribution >= 4 is 33.0 Å². The third-order valence-corrected chi connectivity index (χ3v) is 8.74. The number of nitrogens with zero attached hydrogens (tertiary/aromatic N) is 3. The van der Waals surface area contributed by atoms with Gasteiger partial charge in [0.2, 0.25) is 27.6 Å². The van der Waals surface area contributed by atoms with Gasteiger partial charge in [-0.25, -0.2) is 8.42 Å². The number of halogens is 3. The van der Waals surface area contributed by atoms with Crippen LogP contribution < -0.4 is 5.32 Å². The fraction of sp³-hybridized carbons (Fsp3) is 0.381. The van der Waals surface area contributed by atoms with E-state index in [2.05, 4.69) is 15.5 Å². The Hall–Kier alpha value is -2.77. The molecule has 0 aliphatic carbocycles. The number of rotatable bonds is 5. The van der Waals surface area contributed by atoms with E-state index < -0.39 is 27.7 Å². The molecule has 1 N–H and O–H groups in total. The molecule has 1 aromatic carbocycles. The van der Waals surface area contributed by atoms with E-state index >= 15 is 0 Å². The first-order valence-electron chi connectivity index (χ1n) is 10.3. The van der Waals surface area contributed by atoms with Crippen LogP contribution in [0, 0.1) is 19.8 Å². The maximum Gasteiger partial charge on any atom is 0.416 e. The molecule has 0 unspecified atom stereocenters. The zero-order chi connectivity index (χ0) is 24.7. The Kier molecular flexibility index (Phi) is 6.53. The molecule has 8 nitrogen and oxygen atoms in total. The maximum absolute atomic E-state index is 13.2. The SMILES string of the molecule is Cc1nc(-c2cc(S(=O)(=O)N3CCC(C(=O)Nc4ccc(C(F)(F)F)cc4)CC3)c(C)s2)no1. The zero-order valence-corrected chi connectivity index (χ0v) is 19.9. The van der Waals surface area contributed by atoms with Crippen molar-refractivity contribution in [2.75, 3.05) is 18.4 Å². The first-order valence-corrected chi connectivity index (χ1v) is 12.6. The standard InChI is InChI=1S/C21H21F3N4O4S2/c1-12-18(11-17(33-12)19-25-13(2)32-27-19)34(30,31)28-9-7-14(8-10-28)20(29)26-16-5-3-15(4-6-16)21(22,23)24/h3-6,11,14H,7-10H2,1-2H3,(H,26,29). The summed E-state index contributed by atoms with van der Waals surface area (Å²) in [6.07, 6.45) is -3.86. The molecule has 0 saturated carbocycles. The van der Waals surface area contributed by atoms with Gasteiger partial charge >= 0.3 is 6.18 Å². The number of aromatic nitrogens is 2. The van der Waals surface area contributed by atoms with Crippen LogP contribution in [-0.2, 0) is 21.0 Å². The molecule has 1 amide bonds. The molecule has 1 aliphatic heterocycles. The molecule has 0 radical (unpaired) electrons. The van der Waals surface area contributed by atoms with Crippen molar-refractivity contribution in [1.82, 2.24) is 14.4 Å². The number of alkyl halides is 3. The second kappa shape index (κ2) is 9.12. The van der Waals surface area contributed by atoms with Gasteiger partial charge in [-0.15, -0.1) is 11.3 Å². The van der Waals surface area contributed by atoms with Gasteiger partial charge in [-0.1, -0.05) is 5.16 Å². The van der Waals surface area contributed by atoms with Crippen LogP contribution in [0.25, 0.3) is 10.7 Å². The third kappa shape index (κ3) is 5.00. The van der Waals surface area contributed by atoms with Gasteiger partial charge in [-0.3, -0.25) is 4.79 Å². The summed E-state index contributed by atoms with van der Waals surface area (Å²) in [6.45, 7) is 3.66. The number of anilines is 1. The molecule has 1 aliphatic rings. The average molecular weight is 515 g/mol. The highest BCUT2D eigenvalue weighted by molar-refractivity contribution is 7.89. The summed E-state index contributed by atoms with van der Waals surface area (Å²) in [5.41, 5.74) is -0.545. The van der Waals surface area contributed by atoms with E-state index in [0.717, 1.165) is 12.1 Å². The molecule has 34 heavy (non-hydrogen) atoms. The lowest BCUT2D eigenvalue weighted by molar-refractivity contribution is -0.137. The zero-order valence-electron chi connectivity index (χ0n) is 18.2. The quantitative estimate of drug-likeness (QED) is 0.539. The summed E-state index contributed by atoms with van der Waals surface area (Å²) < 4.78 is 70.8. The van der Waals surface area contributed by atoms with Crippen molar-refractivity contribution in [2.45, 2.75) is 37.8 Å². The molecule has 13 heteroatoms. The fourth-order valence-electron chi connectivity index (χ4n) is 3.72. The second-order valence-corrected chi connectivity index (χ2v) is 11.1. The highest BCUT2D eigenvalue weighted by Crippen LogP contribution is 2.35.